The van der Waals surface area contributed by atoms with Crippen molar-refractivity contribution in [2.45, 2.75) is 45.6 Å². The van der Waals surface area contributed by atoms with Crippen LogP contribution < -0.4 is 5.32 Å². The standard InChI is InChI=1S/C12H24N2/c1-12(2)5-8-14(9-6-12)11-4-3-7-13-10-11/h11,13H,3-10H2,1-2H3. The highest BCUT2D eigenvalue weighted by molar-refractivity contribution is 4.85. The minimum absolute atomic E-state index is 0.596. The number of rotatable bonds is 1. The molecular formula is C12H24N2. The molecule has 0 bridgehead atoms. The molecule has 1 N–H and O–H groups in total. The fourth-order valence-electron chi connectivity index (χ4n) is 2.64. The van der Waals surface area contributed by atoms with Gasteiger partial charge in [-0.05, 0) is 50.7 Å². The van der Waals surface area contributed by atoms with E-state index < -0.39 is 0 Å². The Kier molecular flexibility index (Phi) is 3.13. The third-order valence-corrected chi connectivity index (χ3v) is 3.94. The van der Waals surface area contributed by atoms with Gasteiger partial charge in [0.1, 0.15) is 0 Å². The predicted molar refractivity (Wildman–Crippen MR) is 60.5 cm³/mol. The molecule has 1 atom stereocenters. The molecule has 0 spiro atoms. The molecule has 0 aliphatic carbocycles. The monoisotopic (exact) mass is 196 g/mol. The first-order valence-corrected chi connectivity index (χ1v) is 6.12. The van der Waals surface area contributed by atoms with Crippen molar-refractivity contribution < 1.29 is 0 Å². The second kappa shape index (κ2) is 4.19. The second-order valence-corrected chi connectivity index (χ2v) is 5.70. The van der Waals surface area contributed by atoms with E-state index in [1.165, 1.54) is 51.9 Å². The lowest BCUT2D eigenvalue weighted by Crippen LogP contribution is -2.50. The lowest BCUT2D eigenvalue weighted by atomic mass is 9.82. The summed E-state index contributed by atoms with van der Waals surface area (Å²) in [5, 5.41) is 3.51. The maximum Gasteiger partial charge on any atom is 0.0221 e. The van der Waals surface area contributed by atoms with Crippen LogP contribution in [0.15, 0.2) is 0 Å². The highest BCUT2D eigenvalue weighted by Crippen LogP contribution is 2.31. The molecular weight excluding hydrogens is 172 g/mol. The summed E-state index contributed by atoms with van der Waals surface area (Å²) in [7, 11) is 0. The van der Waals surface area contributed by atoms with E-state index in [0.29, 0.717) is 5.41 Å². The molecule has 2 saturated heterocycles. The fraction of sp³-hybridized carbons (Fsp3) is 1.00. The zero-order valence-electron chi connectivity index (χ0n) is 9.68. The van der Waals surface area contributed by atoms with Gasteiger partial charge in [-0.1, -0.05) is 13.8 Å². The van der Waals surface area contributed by atoms with Crippen LogP contribution in [-0.2, 0) is 0 Å². The van der Waals surface area contributed by atoms with Crippen LogP contribution in [0, 0.1) is 5.41 Å². The Hall–Kier alpha value is -0.0800. The number of nitrogens with zero attached hydrogens (tertiary/aromatic N) is 1. The SMILES string of the molecule is CC1(C)CCN(C2CCCNC2)CC1. The maximum atomic E-state index is 3.51. The smallest absolute Gasteiger partial charge is 0.0221 e. The van der Waals surface area contributed by atoms with E-state index in [4.69, 9.17) is 0 Å². The van der Waals surface area contributed by atoms with E-state index >= 15 is 0 Å². The van der Waals surface area contributed by atoms with Gasteiger partial charge in [0.15, 0.2) is 0 Å². The molecule has 82 valence electrons. The van der Waals surface area contributed by atoms with Crippen molar-refractivity contribution in [3.05, 3.63) is 0 Å². The number of hydrogen-bond donors (Lipinski definition) is 1. The van der Waals surface area contributed by atoms with Crippen LogP contribution in [-0.4, -0.2) is 37.1 Å². The van der Waals surface area contributed by atoms with Crippen molar-refractivity contribution in [1.82, 2.24) is 10.2 Å². The molecule has 1 unspecified atom stereocenters. The van der Waals surface area contributed by atoms with Gasteiger partial charge < -0.3 is 5.32 Å². The lowest BCUT2D eigenvalue weighted by Gasteiger charge is -2.42. The average Bonchev–Trinajstić information content (AvgIpc) is 2.19. The summed E-state index contributed by atoms with van der Waals surface area (Å²) in [6.45, 7) is 9.90. The van der Waals surface area contributed by atoms with Crippen molar-refractivity contribution >= 4 is 0 Å². The number of nitrogens with one attached hydrogen (secondary N) is 1. The fourth-order valence-corrected chi connectivity index (χ4v) is 2.64. The molecule has 2 heteroatoms. The van der Waals surface area contributed by atoms with Gasteiger partial charge in [0.05, 0.1) is 0 Å². The Bertz CT molecular complexity index is 173. The molecule has 0 amide bonds. The molecule has 2 nitrogen and oxygen atoms in total. The van der Waals surface area contributed by atoms with Gasteiger partial charge in [-0.15, -0.1) is 0 Å². The first-order valence-electron chi connectivity index (χ1n) is 6.12. The van der Waals surface area contributed by atoms with Crippen LogP contribution in [0.4, 0.5) is 0 Å². The zero-order chi connectivity index (χ0) is 10.0. The van der Waals surface area contributed by atoms with Crippen molar-refractivity contribution in [2.75, 3.05) is 26.2 Å². The first-order chi connectivity index (χ1) is 6.67. The summed E-state index contributed by atoms with van der Waals surface area (Å²) >= 11 is 0. The summed E-state index contributed by atoms with van der Waals surface area (Å²) in [4.78, 5) is 2.71. The minimum atomic E-state index is 0.596. The molecule has 2 rings (SSSR count). The average molecular weight is 196 g/mol. The van der Waals surface area contributed by atoms with Crippen molar-refractivity contribution in [3.8, 4) is 0 Å². The maximum absolute atomic E-state index is 3.51. The molecule has 0 aromatic rings. The predicted octanol–water partition coefficient (Wildman–Crippen LogP) is 1.86. The highest BCUT2D eigenvalue weighted by Gasteiger charge is 2.29. The molecule has 0 aromatic heterocycles. The van der Waals surface area contributed by atoms with Crippen LogP contribution in [0.3, 0.4) is 0 Å². The Balaban J connectivity index is 1.82. The third kappa shape index (κ3) is 2.48. The Morgan fingerprint density at radius 1 is 1.21 bits per heavy atom. The van der Waals surface area contributed by atoms with Crippen molar-refractivity contribution in [2.24, 2.45) is 5.41 Å². The number of piperidine rings is 2. The van der Waals surface area contributed by atoms with E-state index in [0.717, 1.165) is 6.04 Å². The molecule has 2 aliphatic heterocycles. The van der Waals surface area contributed by atoms with Gasteiger partial charge in [0, 0.05) is 12.6 Å². The summed E-state index contributed by atoms with van der Waals surface area (Å²) < 4.78 is 0. The molecule has 0 radical (unpaired) electrons. The van der Waals surface area contributed by atoms with Gasteiger partial charge in [0.2, 0.25) is 0 Å². The van der Waals surface area contributed by atoms with Crippen LogP contribution >= 0.6 is 0 Å². The Morgan fingerprint density at radius 3 is 2.50 bits per heavy atom. The Morgan fingerprint density at radius 2 is 1.93 bits per heavy atom. The van der Waals surface area contributed by atoms with Crippen LogP contribution in [0.2, 0.25) is 0 Å². The van der Waals surface area contributed by atoms with Gasteiger partial charge in [-0.2, -0.15) is 0 Å². The van der Waals surface area contributed by atoms with E-state index in [9.17, 15) is 0 Å². The van der Waals surface area contributed by atoms with Crippen molar-refractivity contribution in [3.63, 3.8) is 0 Å². The molecule has 0 aromatic carbocycles. The molecule has 0 saturated carbocycles. The third-order valence-electron chi connectivity index (χ3n) is 3.94. The zero-order valence-corrected chi connectivity index (χ0v) is 9.68. The van der Waals surface area contributed by atoms with Crippen molar-refractivity contribution in [1.29, 1.82) is 0 Å². The second-order valence-electron chi connectivity index (χ2n) is 5.70. The molecule has 2 aliphatic rings. The molecule has 2 heterocycles. The van der Waals surface area contributed by atoms with E-state index in [1.54, 1.807) is 0 Å². The minimum Gasteiger partial charge on any atom is -0.315 e. The van der Waals surface area contributed by atoms with E-state index in [-0.39, 0.29) is 0 Å². The van der Waals surface area contributed by atoms with Gasteiger partial charge in [-0.3, -0.25) is 4.90 Å². The van der Waals surface area contributed by atoms with Gasteiger partial charge >= 0.3 is 0 Å². The first kappa shape index (κ1) is 10.4. The topological polar surface area (TPSA) is 15.3 Å². The number of hydrogen-bond acceptors (Lipinski definition) is 2. The molecule has 2 fully saturated rings. The largest absolute Gasteiger partial charge is 0.315 e. The summed E-state index contributed by atoms with van der Waals surface area (Å²) in [6.07, 6.45) is 5.53. The van der Waals surface area contributed by atoms with E-state index in [2.05, 4.69) is 24.1 Å². The van der Waals surface area contributed by atoms with Crippen LogP contribution in [0.5, 0.6) is 0 Å². The lowest BCUT2D eigenvalue weighted by molar-refractivity contribution is 0.0819. The van der Waals surface area contributed by atoms with E-state index in [1.807, 2.05) is 0 Å². The summed E-state index contributed by atoms with van der Waals surface area (Å²) in [5.41, 5.74) is 0.596. The number of likely N-dealkylation sites (tertiary alicyclic amines) is 1. The summed E-state index contributed by atoms with van der Waals surface area (Å²) in [6, 6.07) is 0.833. The quantitative estimate of drug-likeness (QED) is 0.688. The van der Waals surface area contributed by atoms with Crippen LogP contribution in [0.25, 0.3) is 0 Å². The normalized spacial score (nSPS) is 34.3. The highest BCUT2D eigenvalue weighted by atomic mass is 15.2. The van der Waals surface area contributed by atoms with Gasteiger partial charge in [-0.25, -0.2) is 0 Å². The molecule has 14 heavy (non-hydrogen) atoms. The summed E-state index contributed by atoms with van der Waals surface area (Å²) in [5.74, 6) is 0. The van der Waals surface area contributed by atoms with Gasteiger partial charge in [0.25, 0.3) is 0 Å². The Labute approximate surface area is 88.1 Å². The van der Waals surface area contributed by atoms with Crippen LogP contribution in [0.1, 0.15) is 39.5 Å².